The van der Waals surface area contributed by atoms with Crippen LogP contribution in [0.4, 0.5) is 5.69 Å². The molecule has 1 N–H and O–H groups in total. The molecule has 0 bridgehead atoms. The van der Waals surface area contributed by atoms with Crippen LogP contribution in [0.1, 0.15) is 27.4 Å². The quantitative estimate of drug-likeness (QED) is 0.573. The van der Waals surface area contributed by atoms with Crippen LogP contribution >= 0.6 is 11.3 Å². The Morgan fingerprint density at radius 2 is 1.85 bits per heavy atom. The van der Waals surface area contributed by atoms with Gasteiger partial charge in [0.05, 0.1) is 5.39 Å². The average molecular weight is 376 g/mol. The van der Waals surface area contributed by atoms with Crippen molar-refractivity contribution in [2.45, 2.75) is 13.3 Å². The summed E-state index contributed by atoms with van der Waals surface area (Å²) in [5, 5.41) is 5.32. The lowest BCUT2D eigenvalue weighted by molar-refractivity contribution is 0.102. The van der Waals surface area contributed by atoms with Crippen molar-refractivity contribution in [3.63, 3.8) is 0 Å². The second-order valence-electron chi connectivity index (χ2n) is 6.19. The zero-order valence-corrected chi connectivity index (χ0v) is 15.4. The molecule has 134 valence electrons. The number of aromatic nitrogens is 1. The number of carbonyl (C=O) groups is 1. The summed E-state index contributed by atoms with van der Waals surface area (Å²) in [6.45, 7) is 1.87. The van der Waals surface area contributed by atoms with E-state index in [-0.39, 0.29) is 11.5 Å². The van der Waals surface area contributed by atoms with Gasteiger partial charge in [-0.25, -0.2) is 9.78 Å². The number of anilines is 1. The number of amides is 1. The highest BCUT2D eigenvalue weighted by Crippen LogP contribution is 2.21. The molecule has 0 aliphatic rings. The Kier molecular flexibility index (Phi) is 4.56. The number of carbonyl (C=O) groups excluding carboxylic acids is 1. The van der Waals surface area contributed by atoms with Crippen molar-refractivity contribution in [3.05, 3.63) is 93.0 Å². The minimum atomic E-state index is -0.347. The Morgan fingerprint density at radius 3 is 2.59 bits per heavy atom. The number of hydrogen-bond acceptors (Lipinski definition) is 5. The number of nitrogens with one attached hydrogen (secondary N) is 1. The largest absolute Gasteiger partial charge is 0.407 e. The summed E-state index contributed by atoms with van der Waals surface area (Å²) in [7, 11) is 0. The first-order chi connectivity index (χ1) is 13.1. The van der Waals surface area contributed by atoms with Crippen molar-refractivity contribution >= 4 is 33.1 Å². The van der Waals surface area contributed by atoms with Crippen LogP contribution in [-0.2, 0) is 6.42 Å². The van der Waals surface area contributed by atoms with E-state index in [2.05, 4.69) is 10.3 Å². The van der Waals surface area contributed by atoms with Crippen molar-refractivity contribution < 1.29 is 9.21 Å². The van der Waals surface area contributed by atoms with Crippen molar-refractivity contribution in [3.8, 4) is 0 Å². The van der Waals surface area contributed by atoms with E-state index in [1.165, 1.54) is 11.3 Å². The number of nitrogens with zero attached hydrogens (tertiary/aromatic N) is 1. The molecule has 0 aliphatic carbocycles. The molecule has 27 heavy (non-hydrogen) atoms. The molecule has 0 spiro atoms. The Morgan fingerprint density at radius 1 is 1.11 bits per heavy atom. The number of aryl methyl sites for hydroxylation is 1. The van der Waals surface area contributed by atoms with E-state index in [9.17, 15) is 9.59 Å². The second-order valence-corrected chi connectivity index (χ2v) is 7.05. The molecular formula is C21H16N2O3S. The molecule has 0 radical (unpaired) electrons. The van der Waals surface area contributed by atoms with Gasteiger partial charge >= 0.3 is 5.63 Å². The molecule has 4 aromatic rings. The van der Waals surface area contributed by atoms with Crippen LogP contribution in [0.3, 0.4) is 0 Å². The minimum absolute atomic E-state index is 0.158. The van der Waals surface area contributed by atoms with E-state index < -0.39 is 0 Å². The highest BCUT2D eigenvalue weighted by molar-refractivity contribution is 7.16. The molecule has 0 saturated heterocycles. The van der Waals surface area contributed by atoms with Crippen molar-refractivity contribution in [1.82, 2.24) is 4.98 Å². The molecule has 2 aromatic carbocycles. The SMILES string of the molecule is Cc1csc2nc(Cc3ccc(NC(=O)c4ccccc4)cc3)oc(=O)c12. The predicted octanol–water partition coefficient (Wildman–Crippen LogP) is 4.40. The Hall–Kier alpha value is -3.25. The highest BCUT2D eigenvalue weighted by Gasteiger charge is 2.11. The molecule has 6 heteroatoms. The second kappa shape index (κ2) is 7.17. The van der Waals surface area contributed by atoms with Crippen molar-refractivity contribution in [2.75, 3.05) is 5.32 Å². The number of rotatable bonds is 4. The summed E-state index contributed by atoms with van der Waals surface area (Å²) in [5.41, 5.74) is 2.79. The average Bonchev–Trinajstić information content (AvgIpc) is 3.05. The Bertz CT molecular complexity index is 1160. The van der Waals surface area contributed by atoms with Crippen LogP contribution in [0.25, 0.3) is 10.2 Å². The first-order valence-corrected chi connectivity index (χ1v) is 9.31. The maximum atomic E-state index is 12.2. The number of benzene rings is 2. The van der Waals surface area contributed by atoms with Crippen LogP contribution < -0.4 is 10.9 Å². The summed E-state index contributed by atoms with van der Waals surface area (Å²) in [6.07, 6.45) is 0.412. The molecule has 0 unspecified atom stereocenters. The Labute approximate surface area is 159 Å². The molecule has 1 amide bonds. The van der Waals surface area contributed by atoms with Crippen LogP contribution in [0.5, 0.6) is 0 Å². The monoisotopic (exact) mass is 376 g/mol. The fourth-order valence-corrected chi connectivity index (χ4v) is 3.73. The number of thiophene rings is 1. The molecule has 2 heterocycles. The molecule has 0 saturated carbocycles. The summed E-state index contributed by atoms with van der Waals surface area (Å²) in [5.74, 6) is 0.227. The van der Waals surface area contributed by atoms with E-state index in [0.29, 0.717) is 33.8 Å². The molecule has 5 nitrogen and oxygen atoms in total. The molecular weight excluding hydrogens is 360 g/mol. The predicted molar refractivity (Wildman–Crippen MR) is 107 cm³/mol. The Balaban J connectivity index is 1.50. The summed E-state index contributed by atoms with van der Waals surface area (Å²) < 4.78 is 5.36. The lowest BCUT2D eigenvalue weighted by Gasteiger charge is -2.06. The smallest absolute Gasteiger partial charge is 0.348 e. The van der Waals surface area contributed by atoms with Gasteiger partial charge in [0.2, 0.25) is 5.89 Å². The molecule has 2 aromatic heterocycles. The third kappa shape index (κ3) is 3.66. The van der Waals surface area contributed by atoms with Gasteiger partial charge in [-0.2, -0.15) is 0 Å². The first kappa shape index (κ1) is 17.2. The summed E-state index contributed by atoms with van der Waals surface area (Å²) in [6, 6.07) is 16.4. The third-order valence-corrected chi connectivity index (χ3v) is 5.19. The highest BCUT2D eigenvalue weighted by atomic mass is 32.1. The summed E-state index contributed by atoms with van der Waals surface area (Å²) in [4.78, 5) is 29.5. The van der Waals surface area contributed by atoms with E-state index in [4.69, 9.17) is 4.42 Å². The van der Waals surface area contributed by atoms with Gasteiger partial charge in [-0.15, -0.1) is 11.3 Å². The van der Waals surface area contributed by atoms with Crippen LogP contribution in [0.2, 0.25) is 0 Å². The van der Waals surface area contributed by atoms with Gasteiger partial charge in [0.15, 0.2) is 0 Å². The van der Waals surface area contributed by atoms with E-state index in [0.717, 1.165) is 11.1 Å². The lowest BCUT2D eigenvalue weighted by atomic mass is 10.1. The van der Waals surface area contributed by atoms with Gasteiger partial charge in [0.1, 0.15) is 4.83 Å². The normalized spacial score (nSPS) is 10.9. The van der Waals surface area contributed by atoms with Gasteiger partial charge in [0, 0.05) is 17.7 Å². The lowest BCUT2D eigenvalue weighted by Crippen LogP contribution is -2.11. The van der Waals surface area contributed by atoms with Crippen LogP contribution in [0.15, 0.2) is 69.2 Å². The van der Waals surface area contributed by atoms with E-state index >= 15 is 0 Å². The van der Waals surface area contributed by atoms with Crippen molar-refractivity contribution in [1.29, 1.82) is 0 Å². The number of fused-ring (bicyclic) bond motifs is 1. The standard InChI is InChI=1S/C21H16N2O3S/c1-13-12-27-20-18(13)21(25)26-17(23-20)11-14-7-9-16(10-8-14)22-19(24)15-5-3-2-4-6-15/h2-10,12H,11H2,1H3,(H,22,24). The van der Waals surface area contributed by atoms with Crippen molar-refractivity contribution in [2.24, 2.45) is 0 Å². The number of hydrogen-bond donors (Lipinski definition) is 1. The minimum Gasteiger partial charge on any atom is -0.407 e. The van der Waals surface area contributed by atoms with Gasteiger partial charge in [0.25, 0.3) is 5.91 Å². The summed E-state index contributed by atoms with van der Waals surface area (Å²) >= 11 is 1.44. The zero-order chi connectivity index (χ0) is 18.8. The fraction of sp³-hybridized carbons (Fsp3) is 0.0952. The molecule has 4 rings (SSSR count). The maximum absolute atomic E-state index is 12.2. The third-order valence-electron chi connectivity index (χ3n) is 4.20. The van der Waals surface area contributed by atoms with E-state index in [1.807, 2.05) is 54.8 Å². The topological polar surface area (TPSA) is 72.2 Å². The van der Waals surface area contributed by atoms with Gasteiger partial charge < -0.3 is 9.73 Å². The molecule has 0 atom stereocenters. The van der Waals surface area contributed by atoms with Gasteiger partial charge in [-0.3, -0.25) is 4.79 Å². The maximum Gasteiger partial charge on any atom is 0.348 e. The van der Waals surface area contributed by atoms with Crippen LogP contribution in [-0.4, -0.2) is 10.9 Å². The van der Waals surface area contributed by atoms with Crippen LogP contribution in [0, 0.1) is 6.92 Å². The van der Waals surface area contributed by atoms with E-state index in [1.54, 1.807) is 12.1 Å². The van der Waals surface area contributed by atoms with Gasteiger partial charge in [-0.1, -0.05) is 30.3 Å². The zero-order valence-electron chi connectivity index (χ0n) is 14.6. The molecule has 0 aliphatic heterocycles. The van der Waals surface area contributed by atoms with Gasteiger partial charge in [-0.05, 0) is 47.7 Å². The molecule has 0 fully saturated rings. The fourth-order valence-electron chi connectivity index (χ4n) is 2.80. The first-order valence-electron chi connectivity index (χ1n) is 8.43.